The second-order valence-electron chi connectivity index (χ2n) is 2.67. The predicted octanol–water partition coefficient (Wildman–Crippen LogP) is -0.297. The average molecular weight is 161 g/mol. The SMILES string of the molecule is CN1C[C@@H](O)C[C@@H]1OC(=O)O. The summed E-state index contributed by atoms with van der Waals surface area (Å²) in [4.78, 5) is 11.7. The Labute approximate surface area is 64.2 Å². The monoisotopic (exact) mass is 161 g/mol. The summed E-state index contributed by atoms with van der Waals surface area (Å²) in [6.07, 6.45) is -1.88. The molecular weight excluding hydrogens is 150 g/mol. The Hall–Kier alpha value is -0.810. The van der Waals surface area contributed by atoms with Crippen molar-refractivity contribution in [2.24, 2.45) is 0 Å². The molecule has 0 spiro atoms. The average Bonchev–Trinajstić information content (AvgIpc) is 2.09. The molecule has 1 fully saturated rings. The first-order valence-electron chi connectivity index (χ1n) is 3.37. The van der Waals surface area contributed by atoms with Crippen LogP contribution in [0.3, 0.4) is 0 Å². The number of hydrogen-bond donors (Lipinski definition) is 2. The predicted molar refractivity (Wildman–Crippen MR) is 36.2 cm³/mol. The van der Waals surface area contributed by atoms with Gasteiger partial charge in [-0.1, -0.05) is 0 Å². The van der Waals surface area contributed by atoms with Gasteiger partial charge in [-0.3, -0.25) is 4.90 Å². The Morgan fingerprint density at radius 3 is 2.73 bits per heavy atom. The first-order chi connectivity index (χ1) is 5.09. The molecular formula is C6H11NO4. The molecule has 2 N–H and O–H groups in total. The molecule has 0 saturated carbocycles. The Kier molecular flexibility index (Phi) is 2.31. The first kappa shape index (κ1) is 8.29. The molecule has 11 heavy (non-hydrogen) atoms. The summed E-state index contributed by atoms with van der Waals surface area (Å²) in [5.41, 5.74) is 0. The molecule has 1 heterocycles. The van der Waals surface area contributed by atoms with Gasteiger partial charge in [0, 0.05) is 13.0 Å². The van der Waals surface area contributed by atoms with Crippen molar-refractivity contribution >= 4 is 6.16 Å². The molecule has 0 unspecified atom stereocenters. The molecule has 5 heteroatoms. The molecule has 64 valence electrons. The van der Waals surface area contributed by atoms with Crippen molar-refractivity contribution in [1.29, 1.82) is 0 Å². The van der Waals surface area contributed by atoms with Crippen molar-refractivity contribution in [1.82, 2.24) is 4.90 Å². The third kappa shape index (κ3) is 2.06. The summed E-state index contributed by atoms with van der Waals surface area (Å²) in [5.74, 6) is 0. The van der Waals surface area contributed by atoms with Crippen LogP contribution in [0, 0.1) is 0 Å². The van der Waals surface area contributed by atoms with E-state index in [1.807, 2.05) is 0 Å². The van der Waals surface area contributed by atoms with Crippen molar-refractivity contribution in [2.75, 3.05) is 13.6 Å². The lowest BCUT2D eigenvalue weighted by atomic mass is 10.3. The molecule has 1 saturated heterocycles. The summed E-state index contributed by atoms with van der Waals surface area (Å²) in [6, 6.07) is 0. The summed E-state index contributed by atoms with van der Waals surface area (Å²) < 4.78 is 4.48. The topological polar surface area (TPSA) is 70.0 Å². The number of ether oxygens (including phenoxy) is 1. The van der Waals surface area contributed by atoms with Gasteiger partial charge in [-0.25, -0.2) is 4.79 Å². The van der Waals surface area contributed by atoms with Gasteiger partial charge in [-0.05, 0) is 7.05 Å². The van der Waals surface area contributed by atoms with Crippen LogP contribution in [-0.2, 0) is 4.74 Å². The number of aliphatic hydroxyl groups excluding tert-OH is 1. The first-order valence-corrected chi connectivity index (χ1v) is 3.37. The summed E-state index contributed by atoms with van der Waals surface area (Å²) in [6.45, 7) is 0.470. The zero-order valence-corrected chi connectivity index (χ0v) is 6.23. The fraction of sp³-hybridized carbons (Fsp3) is 0.833. The zero-order chi connectivity index (χ0) is 8.43. The lowest BCUT2D eigenvalue weighted by Gasteiger charge is -2.16. The van der Waals surface area contributed by atoms with Crippen LogP contribution in [-0.4, -0.2) is 47.2 Å². The molecule has 1 aliphatic heterocycles. The Bertz CT molecular complexity index is 161. The number of aliphatic hydroxyl groups is 1. The molecule has 0 aromatic carbocycles. The van der Waals surface area contributed by atoms with E-state index in [1.165, 1.54) is 0 Å². The van der Waals surface area contributed by atoms with Crippen molar-refractivity contribution in [3.05, 3.63) is 0 Å². The summed E-state index contributed by atoms with van der Waals surface area (Å²) in [5, 5.41) is 17.3. The Morgan fingerprint density at radius 2 is 2.36 bits per heavy atom. The second-order valence-corrected chi connectivity index (χ2v) is 2.67. The molecule has 1 aliphatic rings. The fourth-order valence-electron chi connectivity index (χ4n) is 1.19. The highest BCUT2D eigenvalue weighted by molar-refractivity contribution is 5.57. The minimum absolute atomic E-state index is 0.364. The molecule has 0 aliphatic carbocycles. The lowest BCUT2D eigenvalue weighted by molar-refractivity contribution is -0.00383. The summed E-state index contributed by atoms with van der Waals surface area (Å²) in [7, 11) is 1.71. The van der Waals surface area contributed by atoms with E-state index in [-0.39, 0.29) is 0 Å². The van der Waals surface area contributed by atoms with E-state index in [4.69, 9.17) is 10.2 Å². The number of β-amino-alcohol motifs (C(OH)–C–C–N with tert-alkyl or cyclic N) is 1. The standard InChI is InChI=1S/C6H11NO4/c1-7-3-4(8)2-5(7)11-6(9)10/h4-5,8H,2-3H2,1H3,(H,9,10)/t4-,5-/m0/s1. The van der Waals surface area contributed by atoms with Gasteiger partial charge in [0.25, 0.3) is 0 Å². The number of rotatable bonds is 1. The van der Waals surface area contributed by atoms with E-state index >= 15 is 0 Å². The van der Waals surface area contributed by atoms with Crippen molar-refractivity contribution < 1.29 is 19.7 Å². The van der Waals surface area contributed by atoms with E-state index in [2.05, 4.69) is 4.74 Å². The van der Waals surface area contributed by atoms with E-state index < -0.39 is 18.5 Å². The van der Waals surface area contributed by atoms with Crippen LogP contribution in [0.25, 0.3) is 0 Å². The third-order valence-corrected chi connectivity index (χ3v) is 1.70. The van der Waals surface area contributed by atoms with Crippen molar-refractivity contribution in [2.45, 2.75) is 18.8 Å². The maximum atomic E-state index is 10.1. The van der Waals surface area contributed by atoms with Crippen LogP contribution in [0.1, 0.15) is 6.42 Å². The van der Waals surface area contributed by atoms with Gasteiger partial charge in [-0.2, -0.15) is 0 Å². The third-order valence-electron chi connectivity index (χ3n) is 1.70. The van der Waals surface area contributed by atoms with Gasteiger partial charge in [-0.15, -0.1) is 0 Å². The Morgan fingerprint density at radius 1 is 1.73 bits per heavy atom. The minimum Gasteiger partial charge on any atom is -0.450 e. The normalized spacial score (nSPS) is 32.2. The van der Waals surface area contributed by atoms with Gasteiger partial charge in [0.15, 0.2) is 6.23 Å². The lowest BCUT2D eigenvalue weighted by Crippen LogP contribution is -2.29. The fourth-order valence-corrected chi connectivity index (χ4v) is 1.19. The van der Waals surface area contributed by atoms with Crippen LogP contribution in [0.2, 0.25) is 0 Å². The summed E-state index contributed by atoms with van der Waals surface area (Å²) >= 11 is 0. The van der Waals surface area contributed by atoms with E-state index in [9.17, 15) is 4.79 Å². The van der Waals surface area contributed by atoms with E-state index in [1.54, 1.807) is 11.9 Å². The van der Waals surface area contributed by atoms with Crippen LogP contribution in [0.4, 0.5) is 4.79 Å². The minimum atomic E-state index is -1.30. The van der Waals surface area contributed by atoms with Crippen LogP contribution < -0.4 is 0 Å². The van der Waals surface area contributed by atoms with Gasteiger partial charge in [0.05, 0.1) is 6.10 Å². The van der Waals surface area contributed by atoms with Gasteiger partial charge in [0.2, 0.25) is 0 Å². The highest BCUT2D eigenvalue weighted by Crippen LogP contribution is 2.16. The molecule has 0 aromatic rings. The molecule has 0 aromatic heterocycles. The maximum Gasteiger partial charge on any atom is 0.507 e. The van der Waals surface area contributed by atoms with Gasteiger partial charge < -0.3 is 14.9 Å². The number of likely N-dealkylation sites (tertiary alicyclic amines) is 1. The van der Waals surface area contributed by atoms with Gasteiger partial charge in [0.1, 0.15) is 0 Å². The number of likely N-dealkylation sites (N-methyl/N-ethyl adjacent to an activating group) is 1. The Balaban J connectivity index is 2.40. The smallest absolute Gasteiger partial charge is 0.450 e. The molecule has 0 bridgehead atoms. The largest absolute Gasteiger partial charge is 0.507 e. The van der Waals surface area contributed by atoms with E-state index in [0.29, 0.717) is 13.0 Å². The van der Waals surface area contributed by atoms with Crippen LogP contribution in [0.5, 0.6) is 0 Å². The number of nitrogens with zero attached hydrogens (tertiary/aromatic N) is 1. The highest BCUT2D eigenvalue weighted by atomic mass is 16.7. The van der Waals surface area contributed by atoms with Crippen LogP contribution in [0.15, 0.2) is 0 Å². The number of carbonyl (C=O) groups is 1. The van der Waals surface area contributed by atoms with Crippen molar-refractivity contribution in [3.8, 4) is 0 Å². The molecule has 0 amide bonds. The van der Waals surface area contributed by atoms with E-state index in [0.717, 1.165) is 0 Å². The molecule has 5 nitrogen and oxygen atoms in total. The van der Waals surface area contributed by atoms with Crippen molar-refractivity contribution in [3.63, 3.8) is 0 Å². The molecule has 2 atom stereocenters. The van der Waals surface area contributed by atoms with Crippen LogP contribution >= 0.6 is 0 Å². The molecule has 1 rings (SSSR count). The number of hydrogen-bond acceptors (Lipinski definition) is 4. The van der Waals surface area contributed by atoms with Gasteiger partial charge >= 0.3 is 6.16 Å². The quantitative estimate of drug-likeness (QED) is 0.517. The second kappa shape index (κ2) is 3.06. The molecule has 0 radical (unpaired) electrons. The maximum absolute atomic E-state index is 10.1. The highest BCUT2D eigenvalue weighted by Gasteiger charge is 2.30. The zero-order valence-electron chi connectivity index (χ0n) is 6.23. The number of carboxylic acid groups (broad SMARTS) is 1.